The molecule has 0 saturated carbocycles. The average Bonchev–Trinajstić information content (AvgIpc) is 2.44. The van der Waals surface area contributed by atoms with Gasteiger partial charge in [0.05, 0.1) is 32.0 Å². The van der Waals surface area contributed by atoms with E-state index in [4.69, 9.17) is 14.9 Å². The van der Waals surface area contributed by atoms with E-state index in [0.29, 0.717) is 0 Å². The van der Waals surface area contributed by atoms with Crippen molar-refractivity contribution in [3.8, 4) is 5.75 Å². The van der Waals surface area contributed by atoms with Crippen molar-refractivity contribution >= 4 is 0 Å². The number of rotatable bonds is 7. The third kappa shape index (κ3) is 3.96. The molecule has 5 nitrogen and oxygen atoms in total. The molecule has 5 heteroatoms. The van der Waals surface area contributed by atoms with Crippen LogP contribution >= 0.6 is 0 Å². The number of hydrogen-bond donors (Lipinski definition) is 4. The summed E-state index contributed by atoms with van der Waals surface area (Å²) in [7, 11) is 1.58. The molecule has 0 radical (unpaired) electrons. The Morgan fingerprint density at radius 3 is 2.22 bits per heavy atom. The van der Waals surface area contributed by atoms with Crippen molar-refractivity contribution in [3.05, 3.63) is 29.8 Å². The molecule has 0 aliphatic rings. The first-order chi connectivity index (χ1) is 8.54. The second kappa shape index (κ2) is 6.70. The fraction of sp³-hybridized carbons (Fsp3) is 0.538. The summed E-state index contributed by atoms with van der Waals surface area (Å²) in [6.07, 6.45) is -0.701. The SMILES string of the molecule is COc1ccc(C(O)CNC(C)(CO)CO)cc1. The first-order valence-corrected chi connectivity index (χ1v) is 5.83. The van der Waals surface area contributed by atoms with Crippen LogP contribution in [0.3, 0.4) is 0 Å². The Morgan fingerprint density at radius 2 is 1.78 bits per heavy atom. The molecule has 4 N–H and O–H groups in total. The van der Waals surface area contributed by atoms with Crippen LogP contribution in [0.15, 0.2) is 24.3 Å². The summed E-state index contributed by atoms with van der Waals surface area (Å²) in [5.41, 5.74) is -0.0329. The lowest BCUT2D eigenvalue weighted by Gasteiger charge is -2.27. The van der Waals surface area contributed by atoms with Gasteiger partial charge in [-0.05, 0) is 24.6 Å². The quantitative estimate of drug-likeness (QED) is 0.554. The molecule has 1 atom stereocenters. The summed E-state index contributed by atoms with van der Waals surface area (Å²) in [4.78, 5) is 0. The van der Waals surface area contributed by atoms with Crippen LogP contribution in [0.4, 0.5) is 0 Å². The van der Waals surface area contributed by atoms with Gasteiger partial charge in [0.2, 0.25) is 0 Å². The number of hydrogen-bond acceptors (Lipinski definition) is 5. The van der Waals surface area contributed by atoms with E-state index in [1.54, 1.807) is 38.3 Å². The smallest absolute Gasteiger partial charge is 0.118 e. The first-order valence-electron chi connectivity index (χ1n) is 5.83. The number of ether oxygens (including phenoxy) is 1. The number of benzene rings is 1. The summed E-state index contributed by atoms with van der Waals surface area (Å²) in [5.74, 6) is 0.731. The molecule has 0 bridgehead atoms. The molecule has 0 spiro atoms. The van der Waals surface area contributed by atoms with Crippen LogP contribution in [0.1, 0.15) is 18.6 Å². The normalized spacial score (nSPS) is 13.4. The van der Waals surface area contributed by atoms with E-state index in [-0.39, 0.29) is 19.8 Å². The number of β-amino-alcohol motifs (C(OH)–C–C–N with tert-alkyl or cyclic N) is 1. The van der Waals surface area contributed by atoms with Crippen LogP contribution in [0, 0.1) is 0 Å². The van der Waals surface area contributed by atoms with Gasteiger partial charge in [-0.1, -0.05) is 12.1 Å². The predicted molar refractivity (Wildman–Crippen MR) is 68.5 cm³/mol. The lowest BCUT2D eigenvalue weighted by atomic mass is 10.0. The Labute approximate surface area is 107 Å². The summed E-state index contributed by atoms with van der Waals surface area (Å²) < 4.78 is 5.03. The van der Waals surface area contributed by atoms with Gasteiger partial charge >= 0.3 is 0 Å². The fourth-order valence-electron chi connectivity index (χ4n) is 1.45. The van der Waals surface area contributed by atoms with E-state index in [0.717, 1.165) is 11.3 Å². The van der Waals surface area contributed by atoms with Crippen LogP contribution in [-0.2, 0) is 0 Å². The number of methoxy groups -OCH3 is 1. The van der Waals surface area contributed by atoms with E-state index < -0.39 is 11.6 Å². The predicted octanol–water partition coefficient (Wildman–Crippen LogP) is 0.0615. The summed E-state index contributed by atoms with van der Waals surface area (Å²) in [6, 6.07) is 7.10. The molecule has 1 rings (SSSR count). The highest BCUT2D eigenvalue weighted by molar-refractivity contribution is 5.28. The average molecular weight is 255 g/mol. The molecular weight excluding hydrogens is 234 g/mol. The van der Waals surface area contributed by atoms with Crippen molar-refractivity contribution < 1.29 is 20.1 Å². The molecule has 1 aromatic carbocycles. The molecule has 18 heavy (non-hydrogen) atoms. The van der Waals surface area contributed by atoms with Gasteiger partial charge in [0.1, 0.15) is 5.75 Å². The lowest BCUT2D eigenvalue weighted by Crippen LogP contribution is -2.50. The maximum atomic E-state index is 9.97. The highest BCUT2D eigenvalue weighted by Crippen LogP contribution is 2.17. The Kier molecular flexibility index (Phi) is 5.55. The lowest BCUT2D eigenvalue weighted by molar-refractivity contribution is 0.0846. The van der Waals surface area contributed by atoms with Crippen LogP contribution in [-0.4, -0.2) is 47.7 Å². The molecule has 1 aromatic rings. The maximum Gasteiger partial charge on any atom is 0.118 e. The number of aliphatic hydroxyl groups is 3. The molecule has 0 aromatic heterocycles. The number of nitrogens with one attached hydrogen (secondary N) is 1. The van der Waals surface area contributed by atoms with Crippen LogP contribution < -0.4 is 10.1 Å². The largest absolute Gasteiger partial charge is 0.497 e. The van der Waals surface area contributed by atoms with Gasteiger partial charge < -0.3 is 25.4 Å². The monoisotopic (exact) mass is 255 g/mol. The summed E-state index contributed by atoms with van der Waals surface area (Å²) in [5, 5.41) is 31.1. The molecule has 0 heterocycles. The van der Waals surface area contributed by atoms with Crippen molar-refractivity contribution in [2.24, 2.45) is 0 Å². The van der Waals surface area contributed by atoms with Crippen molar-refractivity contribution in [2.45, 2.75) is 18.6 Å². The standard InChI is InChI=1S/C13H21NO4/c1-13(8-15,9-16)14-7-12(17)10-3-5-11(18-2)6-4-10/h3-6,12,14-17H,7-9H2,1-2H3. The second-order valence-corrected chi connectivity index (χ2v) is 4.55. The molecule has 0 fully saturated rings. The van der Waals surface area contributed by atoms with Gasteiger partial charge in [-0.3, -0.25) is 0 Å². The number of aliphatic hydroxyl groups excluding tert-OH is 3. The highest BCUT2D eigenvalue weighted by atomic mass is 16.5. The molecule has 1 unspecified atom stereocenters. The van der Waals surface area contributed by atoms with Crippen molar-refractivity contribution in [3.63, 3.8) is 0 Å². The minimum atomic E-state index is -0.784. The van der Waals surface area contributed by atoms with E-state index >= 15 is 0 Å². The van der Waals surface area contributed by atoms with Gasteiger partial charge in [0, 0.05) is 6.54 Å². The highest BCUT2D eigenvalue weighted by Gasteiger charge is 2.22. The van der Waals surface area contributed by atoms with Crippen molar-refractivity contribution in [1.29, 1.82) is 0 Å². The molecule has 0 saturated heterocycles. The van der Waals surface area contributed by atoms with Gasteiger partial charge in [-0.15, -0.1) is 0 Å². The second-order valence-electron chi connectivity index (χ2n) is 4.55. The topological polar surface area (TPSA) is 82.0 Å². The Hall–Kier alpha value is -1.14. The summed E-state index contributed by atoms with van der Waals surface area (Å²) in [6.45, 7) is 1.55. The first kappa shape index (κ1) is 14.9. The van der Waals surface area contributed by atoms with E-state index in [1.807, 2.05) is 0 Å². The van der Waals surface area contributed by atoms with Crippen molar-refractivity contribution in [2.75, 3.05) is 26.9 Å². The van der Waals surface area contributed by atoms with E-state index in [9.17, 15) is 5.11 Å². The van der Waals surface area contributed by atoms with Gasteiger partial charge in [0.15, 0.2) is 0 Å². The third-order valence-electron chi connectivity index (χ3n) is 2.92. The molecule has 102 valence electrons. The minimum Gasteiger partial charge on any atom is -0.497 e. The minimum absolute atomic E-state index is 0.196. The zero-order valence-corrected chi connectivity index (χ0v) is 10.8. The van der Waals surface area contributed by atoms with Gasteiger partial charge in [0.25, 0.3) is 0 Å². The third-order valence-corrected chi connectivity index (χ3v) is 2.92. The Morgan fingerprint density at radius 1 is 1.22 bits per heavy atom. The van der Waals surface area contributed by atoms with E-state index in [2.05, 4.69) is 5.32 Å². The van der Waals surface area contributed by atoms with Gasteiger partial charge in [-0.2, -0.15) is 0 Å². The van der Waals surface area contributed by atoms with Crippen LogP contribution in [0.25, 0.3) is 0 Å². The molecule has 0 aliphatic heterocycles. The van der Waals surface area contributed by atoms with Gasteiger partial charge in [-0.25, -0.2) is 0 Å². The molecule has 0 aliphatic carbocycles. The maximum absolute atomic E-state index is 9.97. The summed E-state index contributed by atoms with van der Waals surface area (Å²) >= 11 is 0. The van der Waals surface area contributed by atoms with Crippen LogP contribution in [0.5, 0.6) is 5.75 Å². The van der Waals surface area contributed by atoms with Crippen molar-refractivity contribution in [1.82, 2.24) is 5.32 Å². The van der Waals surface area contributed by atoms with E-state index in [1.165, 1.54) is 0 Å². The molecule has 0 amide bonds. The Bertz CT molecular complexity index is 349. The van der Waals surface area contributed by atoms with Crippen LogP contribution in [0.2, 0.25) is 0 Å². The zero-order chi connectivity index (χ0) is 13.6. The Balaban J connectivity index is 2.56. The zero-order valence-electron chi connectivity index (χ0n) is 10.8. The fourth-order valence-corrected chi connectivity index (χ4v) is 1.45. The molecular formula is C13H21NO4.